The monoisotopic (exact) mass is 445 g/mol. The molecule has 6 unspecified atom stereocenters. The fourth-order valence-electron chi connectivity index (χ4n) is 5.71. The summed E-state index contributed by atoms with van der Waals surface area (Å²) in [5.74, 6) is -0.347. The fourth-order valence-corrected chi connectivity index (χ4v) is 5.71. The first-order valence-electron chi connectivity index (χ1n) is 12.0. The van der Waals surface area contributed by atoms with Crippen LogP contribution >= 0.6 is 0 Å². The van der Waals surface area contributed by atoms with Crippen molar-refractivity contribution in [2.45, 2.75) is 24.3 Å². The van der Waals surface area contributed by atoms with Crippen molar-refractivity contribution in [3.05, 3.63) is 144 Å². The second-order valence-corrected chi connectivity index (χ2v) is 9.20. The van der Waals surface area contributed by atoms with E-state index in [0.29, 0.717) is 0 Å². The third-order valence-corrected chi connectivity index (χ3v) is 7.25. The lowest BCUT2D eigenvalue weighted by Gasteiger charge is -2.52. The van der Waals surface area contributed by atoms with Crippen molar-refractivity contribution < 1.29 is 9.53 Å². The van der Waals surface area contributed by atoms with E-state index in [4.69, 9.17) is 4.74 Å². The molecule has 34 heavy (non-hydrogen) atoms. The zero-order valence-corrected chi connectivity index (χ0v) is 18.8. The molecule has 0 aromatic heterocycles. The molecule has 2 heterocycles. The number of Topliss-reactive ketones (excluding diaryl/α,β-unsaturated/α-hetero) is 1. The van der Waals surface area contributed by atoms with Crippen LogP contribution in [0.5, 0.6) is 0 Å². The Bertz CT molecular complexity index is 1050. The molecule has 0 spiro atoms. The van der Waals surface area contributed by atoms with Gasteiger partial charge in [-0.25, -0.2) is 0 Å². The predicted octanol–water partition coefficient (Wildman–Crippen LogP) is 6.39. The molecule has 4 aromatic rings. The Morgan fingerprint density at radius 1 is 0.471 bits per heavy atom. The summed E-state index contributed by atoms with van der Waals surface area (Å²) in [5, 5.41) is 3.92. The Morgan fingerprint density at radius 3 is 1.15 bits per heavy atom. The quantitative estimate of drug-likeness (QED) is 0.396. The Balaban J connectivity index is 1.52. The molecule has 0 amide bonds. The molecule has 2 saturated heterocycles. The highest BCUT2D eigenvalue weighted by Crippen LogP contribution is 2.55. The number of ether oxygens (including phenoxy) is 1. The molecular weight excluding hydrogens is 418 g/mol. The molecular formula is C31H27NO2. The molecule has 1 N–H and O–H groups in total. The number of ketones is 1. The number of piperidine rings is 1. The van der Waals surface area contributed by atoms with Crippen molar-refractivity contribution in [1.29, 1.82) is 0 Å². The Labute approximate surface area is 200 Å². The van der Waals surface area contributed by atoms with Crippen LogP contribution in [-0.2, 0) is 9.53 Å². The highest BCUT2D eigenvalue weighted by molar-refractivity contribution is 5.88. The maximum atomic E-state index is 14.4. The third kappa shape index (κ3) is 3.67. The first-order chi connectivity index (χ1) is 16.8. The van der Waals surface area contributed by atoms with E-state index >= 15 is 0 Å². The summed E-state index contributed by atoms with van der Waals surface area (Å²) in [4.78, 5) is 14.4. The lowest BCUT2D eigenvalue weighted by Crippen LogP contribution is -2.56. The second kappa shape index (κ2) is 9.02. The molecule has 2 aliphatic heterocycles. The topological polar surface area (TPSA) is 38.3 Å². The van der Waals surface area contributed by atoms with Crippen LogP contribution in [0.1, 0.15) is 46.5 Å². The summed E-state index contributed by atoms with van der Waals surface area (Å²) in [5.41, 5.74) is 4.31. The standard InChI is InChI=1S/C31H27NO2/c33-29-25-27(21-13-5-1-6-14-21)32-28(22-15-7-2-8-16-22)26(29)31(24-19-11-4-12-20-24)34-30(25)23-17-9-3-10-18-23/h1-20,25-28,30-32H. The molecule has 4 aromatic carbocycles. The van der Waals surface area contributed by atoms with Gasteiger partial charge < -0.3 is 10.1 Å². The number of nitrogens with one attached hydrogen (secondary N) is 1. The minimum Gasteiger partial charge on any atom is -0.364 e. The number of fused-ring (bicyclic) bond motifs is 2. The van der Waals surface area contributed by atoms with Gasteiger partial charge in [-0.2, -0.15) is 0 Å². The van der Waals surface area contributed by atoms with Gasteiger partial charge in [0, 0.05) is 12.1 Å². The van der Waals surface area contributed by atoms with E-state index in [0.717, 1.165) is 22.3 Å². The van der Waals surface area contributed by atoms with Gasteiger partial charge >= 0.3 is 0 Å². The van der Waals surface area contributed by atoms with Gasteiger partial charge in [0.05, 0.1) is 24.0 Å². The van der Waals surface area contributed by atoms with Crippen molar-refractivity contribution >= 4 is 5.78 Å². The Hall–Kier alpha value is -3.53. The van der Waals surface area contributed by atoms with Crippen molar-refractivity contribution in [3.63, 3.8) is 0 Å². The molecule has 0 aliphatic carbocycles. The van der Waals surface area contributed by atoms with Gasteiger partial charge in [-0.3, -0.25) is 4.79 Å². The molecule has 2 bridgehead atoms. The molecule has 3 nitrogen and oxygen atoms in total. The van der Waals surface area contributed by atoms with E-state index in [-0.39, 0.29) is 41.9 Å². The van der Waals surface area contributed by atoms with Crippen LogP contribution < -0.4 is 5.32 Å². The highest BCUT2D eigenvalue weighted by Gasteiger charge is 2.56. The minimum absolute atomic E-state index is 0.142. The number of carbonyl (C=O) groups is 1. The molecule has 0 saturated carbocycles. The molecule has 0 radical (unpaired) electrons. The van der Waals surface area contributed by atoms with E-state index in [9.17, 15) is 4.79 Å². The summed E-state index contributed by atoms with van der Waals surface area (Å²) in [6.45, 7) is 0. The molecule has 3 heteroatoms. The predicted molar refractivity (Wildman–Crippen MR) is 133 cm³/mol. The average Bonchev–Trinajstić information content (AvgIpc) is 2.91. The van der Waals surface area contributed by atoms with Gasteiger partial charge in [0.25, 0.3) is 0 Å². The number of rotatable bonds is 4. The normalized spacial score (nSPS) is 28.4. The van der Waals surface area contributed by atoms with Crippen molar-refractivity contribution in [3.8, 4) is 0 Å². The van der Waals surface area contributed by atoms with E-state index in [1.54, 1.807) is 0 Å². The maximum Gasteiger partial charge on any atom is 0.148 e. The number of benzene rings is 4. The van der Waals surface area contributed by atoms with Crippen LogP contribution in [-0.4, -0.2) is 5.78 Å². The first kappa shape index (κ1) is 21.0. The molecule has 6 rings (SSSR count). The summed E-state index contributed by atoms with van der Waals surface area (Å²) in [6.07, 6.45) is -0.658. The van der Waals surface area contributed by atoms with Gasteiger partial charge in [0.15, 0.2) is 0 Å². The Morgan fingerprint density at radius 2 is 0.794 bits per heavy atom. The lowest BCUT2D eigenvalue weighted by atomic mass is 9.66. The number of carbonyl (C=O) groups excluding carboxylic acids is 1. The van der Waals surface area contributed by atoms with E-state index < -0.39 is 0 Å². The summed E-state index contributed by atoms with van der Waals surface area (Å²) in [7, 11) is 0. The molecule has 168 valence electrons. The van der Waals surface area contributed by atoms with Crippen molar-refractivity contribution in [2.24, 2.45) is 11.8 Å². The van der Waals surface area contributed by atoms with Crippen LogP contribution in [0, 0.1) is 11.8 Å². The lowest BCUT2D eigenvalue weighted by molar-refractivity contribution is -0.177. The number of hydrogen-bond acceptors (Lipinski definition) is 3. The van der Waals surface area contributed by atoms with Crippen LogP contribution in [0.15, 0.2) is 121 Å². The van der Waals surface area contributed by atoms with Crippen LogP contribution in [0.4, 0.5) is 0 Å². The molecule has 6 atom stereocenters. The maximum absolute atomic E-state index is 14.4. The van der Waals surface area contributed by atoms with Crippen LogP contribution in [0.25, 0.3) is 0 Å². The van der Waals surface area contributed by atoms with Gasteiger partial charge in [-0.05, 0) is 22.3 Å². The summed E-state index contributed by atoms with van der Waals surface area (Å²) < 4.78 is 6.94. The van der Waals surface area contributed by atoms with Crippen LogP contribution in [0.3, 0.4) is 0 Å². The number of hydrogen-bond donors (Lipinski definition) is 1. The SMILES string of the molecule is O=C1C2C(c3ccccc3)NC(c3ccccc3)C1C(c1ccccc1)OC2c1ccccc1. The highest BCUT2D eigenvalue weighted by atomic mass is 16.5. The van der Waals surface area contributed by atoms with Crippen LogP contribution in [0.2, 0.25) is 0 Å². The van der Waals surface area contributed by atoms with Gasteiger partial charge in [-0.15, -0.1) is 0 Å². The zero-order chi connectivity index (χ0) is 22.9. The smallest absolute Gasteiger partial charge is 0.148 e. The molecule has 2 fully saturated rings. The van der Waals surface area contributed by atoms with Gasteiger partial charge in [-0.1, -0.05) is 121 Å². The first-order valence-corrected chi connectivity index (χ1v) is 12.0. The van der Waals surface area contributed by atoms with Gasteiger partial charge in [0.2, 0.25) is 0 Å². The summed E-state index contributed by atoms with van der Waals surface area (Å²) >= 11 is 0. The minimum atomic E-state index is -0.329. The zero-order valence-electron chi connectivity index (χ0n) is 18.8. The van der Waals surface area contributed by atoms with E-state index in [1.165, 1.54) is 0 Å². The van der Waals surface area contributed by atoms with E-state index in [1.807, 2.05) is 72.8 Å². The Kier molecular flexibility index (Phi) is 5.58. The fraction of sp³-hybridized carbons (Fsp3) is 0.194. The third-order valence-electron chi connectivity index (χ3n) is 7.25. The van der Waals surface area contributed by atoms with Crippen molar-refractivity contribution in [2.75, 3.05) is 0 Å². The largest absolute Gasteiger partial charge is 0.364 e. The second-order valence-electron chi connectivity index (χ2n) is 9.20. The average molecular weight is 446 g/mol. The summed E-state index contributed by atoms with van der Waals surface area (Å²) in [6, 6.07) is 40.7. The van der Waals surface area contributed by atoms with Gasteiger partial charge in [0.1, 0.15) is 5.78 Å². The van der Waals surface area contributed by atoms with Crippen molar-refractivity contribution in [1.82, 2.24) is 5.32 Å². The molecule has 2 aliphatic rings. The van der Waals surface area contributed by atoms with E-state index in [2.05, 4.69) is 53.8 Å².